The molecule has 0 bridgehead atoms. The molecule has 1 aromatic heterocycles. The standard InChI is InChI=1S/C14H16N2O2/c1-8-5-6-11(10(3)9(8)2)12-7-15-13(16-12)14(17)18-4/h5-7H,1-4H3,(H,15,16). The van der Waals surface area contributed by atoms with Gasteiger partial charge in [-0.1, -0.05) is 12.1 Å². The number of hydrogen-bond donors (Lipinski definition) is 1. The quantitative estimate of drug-likeness (QED) is 0.826. The van der Waals surface area contributed by atoms with Gasteiger partial charge in [-0.05, 0) is 37.5 Å². The van der Waals surface area contributed by atoms with Crippen LogP contribution >= 0.6 is 0 Å². The van der Waals surface area contributed by atoms with Crippen LogP contribution in [-0.2, 0) is 4.74 Å². The minimum absolute atomic E-state index is 0.227. The second kappa shape index (κ2) is 4.64. The Morgan fingerprint density at radius 2 is 1.94 bits per heavy atom. The molecule has 0 radical (unpaired) electrons. The van der Waals surface area contributed by atoms with Gasteiger partial charge in [-0.2, -0.15) is 0 Å². The van der Waals surface area contributed by atoms with Crippen molar-refractivity contribution in [2.45, 2.75) is 20.8 Å². The summed E-state index contributed by atoms with van der Waals surface area (Å²) in [6.07, 6.45) is 1.66. The highest BCUT2D eigenvalue weighted by molar-refractivity contribution is 5.86. The lowest BCUT2D eigenvalue weighted by Gasteiger charge is -2.09. The van der Waals surface area contributed by atoms with Crippen LogP contribution in [0.2, 0.25) is 0 Å². The zero-order chi connectivity index (χ0) is 13.3. The van der Waals surface area contributed by atoms with Crippen LogP contribution in [0.1, 0.15) is 27.3 Å². The van der Waals surface area contributed by atoms with Crippen molar-refractivity contribution in [2.24, 2.45) is 0 Å². The van der Waals surface area contributed by atoms with Crippen LogP contribution in [0, 0.1) is 20.8 Å². The van der Waals surface area contributed by atoms with Crippen LogP contribution in [0.3, 0.4) is 0 Å². The number of hydrogen-bond acceptors (Lipinski definition) is 3. The van der Waals surface area contributed by atoms with E-state index in [9.17, 15) is 4.79 Å². The molecule has 1 heterocycles. The molecule has 18 heavy (non-hydrogen) atoms. The van der Waals surface area contributed by atoms with Crippen LogP contribution in [0.25, 0.3) is 11.3 Å². The first kappa shape index (κ1) is 12.4. The van der Waals surface area contributed by atoms with E-state index in [1.165, 1.54) is 23.8 Å². The van der Waals surface area contributed by atoms with E-state index in [0.29, 0.717) is 0 Å². The monoisotopic (exact) mass is 244 g/mol. The molecule has 1 aromatic carbocycles. The zero-order valence-electron chi connectivity index (χ0n) is 11.0. The van der Waals surface area contributed by atoms with Crippen LogP contribution in [-0.4, -0.2) is 23.0 Å². The summed E-state index contributed by atoms with van der Waals surface area (Å²) in [6.45, 7) is 6.24. The molecule has 0 aliphatic heterocycles. The number of carbonyl (C=O) groups is 1. The van der Waals surface area contributed by atoms with Crippen molar-refractivity contribution in [1.29, 1.82) is 0 Å². The second-order valence-electron chi connectivity index (χ2n) is 4.32. The molecule has 0 aliphatic carbocycles. The van der Waals surface area contributed by atoms with Gasteiger partial charge in [0, 0.05) is 5.56 Å². The summed E-state index contributed by atoms with van der Waals surface area (Å²) in [5.74, 6) is -0.229. The Bertz CT molecular complexity index is 600. The fourth-order valence-corrected chi connectivity index (χ4v) is 1.91. The number of rotatable bonds is 2. The fourth-order valence-electron chi connectivity index (χ4n) is 1.91. The van der Waals surface area contributed by atoms with Gasteiger partial charge >= 0.3 is 5.97 Å². The number of aromatic amines is 1. The number of ether oxygens (including phenoxy) is 1. The van der Waals surface area contributed by atoms with Gasteiger partial charge in [-0.15, -0.1) is 0 Å². The summed E-state index contributed by atoms with van der Waals surface area (Å²) >= 11 is 0. The first-order valence-corrected chi connectivity index (χ1v) is 5.75. The highest BCUT2D eigenvalue weighted by Crippen LogP contribution is 2.26. The molecule has 2 aromatic rings. The number of methoxy groups -OCH3 is 1. The van der Waals surface area contributed by atoms with Crippen molar-refractivity contribution in [3.63, 3.8) is 0 Å². The first-order valence-electron chi connectivity index (χ1n) is 5.75. The molecule has 4 heteroatoms. The Morgan fingerprint density at radius 1 is 1.22 bits per heavy atom. The van der Waals surface area contributed by atoms with Gasteiger partial charge in [0.1, 0.15) is 0 Å². The summed E-state index contributed by atoms with van der Waals surface area (Å²) in [7, 11) is 1.34. The van der Waals surface area contributed by atoms with Gasteiger partial charge in [0.2, 0.25) is 5.82 Å². The van der Waals surface area contributed by atoms with Crippen molar-refractivity contribution in [3.05, 3.63) is 40.8 Å². The van der Waals surface area contributed by atoms with E-state index in [1.54, 1.807) is 6.20 Å². The molecule has 0 fully saturated rings. The molecule has 94 valence electrons. The number of imidazole rings is 1. The predicted octanol–water partition coefficient (Wildman–Crippen LogP) is 2.79. The number of carbonyl (C=O) groups excluding carboxylic acids is 1. The van der Waals surface area contributed by atoms with Gasteiger partial charge in [-0.25, -0.2) is 9.78 Å². The van der Waals surface area contributed by atoms with Crippen LogP contribution in [0.15, 0.2) is 18.3 Å². The van der Waals surface area contributed by atoms with Gasteiger partial charge in [-0.3, -0.25) is 0 Å². The van der Waals surface area contributed by atoms with Gasteiger partial charge < -0.3 is 9.72 Å². The first-order chi connectivity index (χ1) is 8.54. The highest BCUT2D eigenvalue weighted by Gasteiger charge is 2.13. The summed E-state index contributed by atoms with van der Waals surface area (Å²) < 4.78 is 4.63. The number of nitrogens with one attached hydrogen (secondary N) is 1. The summed E-state index contributed by atoms with van der Waals surface area (Å²) in [4.78, 5) is 18.4. The number of nitrogens with zero attached hydrogens (tertiary/aromatic N) is 1. The normalized spacial score (nSPS) is 10.4. The highest BCUT2D eigenvalue weighted by atomic mass is 16.5. The summed E-state index contributed by atoms with van der Waals surface area (Å²) in [5, 5.41) is 0. The maximum atomic E-state index is 11.3. The fraction of sp³-hybridized carbons (Fsp3) is 0.286. The molecule has 0 spiro atoms. The van der Waals surface area contributed by atoms with E-state index < -0.39 is 5.97 Å². The van der Waals surface area contributed by atoms with E-state index >= 15 is 0 Å². The van der Waals surface area contributed by atoms with Crippen molar-refractivity contribution in [2.75, 3.05) is 7.11 Å². The predicted molar refractivity (Wildman–Crippen MR) is 69.6 cm³/mol. The van der Waals surface area contributed by atoms with E-state index in [-0.39, 0.29) is 5.82 Å². The summed E-state index contributed by atoms with van der Waals surface area (Å²) in [5.41, 5.74) is 5.58. The average molecular weight is 244 g/mol. The van der Waals surface area contributed by atoms with Gasteiger partial charge in [0.25, 0.3) is 0 Å². The lowest BCUT2D eigenvalue weighted by molar-refractivity contribution is 0.0588. The number of aromatic nitrogens is 2. The molecule has 0 aliphatic rings. The van der Waals surface area contributed by atoms with Gasteiger partial charge in [0.05, 0.1) is 19.0 Å². The molecule has 0 unspecified atom stereocenters. The van der Waals surface area contributed by atoms with Crippen molar-refractivity contribution in [3.8, 4) is 11.3 Å². The third-order valence-corrected chi connectivity index (χ3v) is 3.30. The Kier molecular flexibility index (Phi) is 3.19. The maximum Gasteiger partial charge on any atom is 0.374 e. The van der Waals surface area contributed by atoms with Crippen molar-refractivity contribution in [1.82, 2.24) is 9.97 Å². The third kappa shape index (κ3) is 2.01. The molecule has 0 atom stereocenters. The van der Waals surface area contributed by atoms with E-state index in [2.05, 4.69) is 41.5 Å². The number of aryl methyl sites for hydroxylation is 1. The smallest absolute Gasteiger partial charge is 0.374 e. The largest absolute Gasteiger partial charge is 0.463 e. The van der Waals surface area contributed by atoms with E-state index in [4.69, 9.17) is 0 Å². The Labute approximate surface area is 106 Å². The van der Waals surface area contributed by atoms with Gasteiger partial charge in [0.15, 0.2) is 0 Å². The molecule has 1 N–H and O–H groups in total. The lowest BCUT2D eigenvalue weighted by atomic mass is 9.97. The zero-order valence-corrected chi connectivity index (χ0v) is 11.0. The van der Waals surface area contributed by atoms with E-state index in [1.807, 2.05) is 6.07 Å². The molecule has 0 amide bonds. The lowest BCUT2D eigenvalue weighted by Crippen LogP contribution is -2.03. The van der Waals surface area contributed by atoms with Crippen LogP contribution < -0.4 is 0 Å². The number of esters is 1. The van der Waals surface area contributed by atoms with Crippen LogP contribution in [0.5, 0.6) is 0 Å². The Hall–Kier alpha value is -2.10. The minimum Gasteiger partial charge on any atom is -0.463 e. The molecule has 4 nitrogen and oxygen atoms in total. The van der Waals surface area contributed by atoms with Crippen LogP contribution in [0.4, 0.5) is 0 Å². The topological polar surface area (TPSA) is 55.0 Å². The molecule has 2 rings (SSSR count). The van der Waals surface area contributed by atoms with Crippen molar-refractivity contribution < 1.29 is 9.53 Å². The van der Waals surface area contributed by atoms with E-state index in [0.717, 1.165) is 11.3 Å². The molecule has 0 saturated heterocycles. The Morgan fingerprint density at radius 3 is 2.61 bits per heavy atom. The summed E-state index contributed by atoms with van der Waals surface area (Å²) in [6, 6.07) is 4.10. The SMILES string of the molecule is COC(=O)c1ncc(-c2ccc(C)c(C)c2C)[nH]1. The minimum atomic E-state index is -0.456. The number of H-pyrrole nitrogens is 1. The number of benzene rings is 1. The van der Waals surface area contributed by atoms with Crippen molar-refractivity contribution >= 4 is 5.97 Å². The maximum absolute atomic E-state index is 11.3. The Balaban J connectivity index is 2.47. The third-order valence-electron chi connectivity index (χ3n) is 3.30. The molecular formula is C14H16N2O2. The molecule has 0 saturated carbocycles. The molecular weight excluding hydrogens is 228 g/mol. The average Bonchev–Trinajstić information content (AvgIpc) is 2.84. The second-order valence-corrected chi connectivity index (χ2v) is 4.32.